The lowest BCUT2D eigenvalue weighted by atomic mass is 9.90. The van der Waals surface area contributed by atoms with Crippen molar-refractivity contribution in [2.75, 3.05) is 18.2 Å². The molecule has 9 nitrogen and oxygen atoms in total. The molecular formula is C27H24N6O3S. The lowest BCUT2D eigenvalue weighted by Crippen LogP contribution is -2.09. The number of nitrogens with two attached hydrogens (primary N) is 1. The van der Waals surface area contributed by atoms with Crippen LogP contribution in [0.2, 0.25) is 0 Å². The number of amides is 1. The fraction of sp³-hybridized carbons (Fsp3) is 0.111. The van der Waals surface area contributed by atoms with E-state index in [-0.39, 0.29) is 5.91 Å². The molecule has 0 fully saturated rings. The number of thiazole rings is 1. The minimum Gasteiger partial charge on any atom is -0.431 e. The van der Waals surface area contributed by atoms with Crippen molar-refractivity contribution in [3.63, 3.8) is 0 Å². The van der Waals surface area contributed by atoms with E-state index in [4.69, 9.17) is 15.2 Å². The van der Waals surface area contributed by atoms with E-state index in [9.17, 15) is 4.79 Å². The standard InChI is InChI=1S/C27H24N6O3S/c1-4-23(34)31-22-11-15(2)20(12-29-22)19-9-10-21-25(26(28)33-32-21)24(19)16-5-7-18(8-6-16)36-27-30-17(13-35-3)14-37-27/h4-12,14H,1,13H2,2-3H3,(H3,28,32,33)(H,29,31,34). The third kappa shape index (κ3) is 4.92. The molecular weight excluding hydrogens is 488 g/mol. The maximum Gasteiger partial charge on any atom is 0.278 e. The van der Waals surface area contributed by atoms with Gasteiger partial charge in [-0.1, -0.05) is 36.1 Å². The molecule has 0 saturated heterocycles. The summed E-state index contributed by atoms with van der Waals surface area (Å²) in [6.07, 6.45) is 2.95. The van der Waals surface area contributed by atoms with Gasteiger partial charge in [0.2, 0.25) is 5.91 Å². The number of rotatable bonds is 8. The molecule has 0 bridgehead atoms. The number of ether oxygens (including phenoxy) is 2. The van der Waals surface area contributed by atoms with Gasteiger partial charge in [-0.3, -0.25) is 9.89 Å². The van der Waals surface area contributed by atoms with E-state index < -0.39 is 0 Å². The molecule has 10 heteroatoms. The van der Waals surface area contributed by atoms with Gasteiger partial charge in [0.05, 0.1) is 23.2 Å². The van der Waals surface area contributed by atoms with Crippen molar-refractivity contribution >= 4 is 39.8 Å². The van der Waals surface area contributed by atoms with E-state index in [1.54, 1.807) is 13.3 Å². The van der Waals surface area contributed by atoms with Crippen molar-refractivity contribution in [3.8, 4) is 33.2 Å². The molecule has 0 aliphatic carbocycles. The van der Waals surface area contributed by atoms with Crippen LogP contribution in [-0.2, 0) is 16.1 Å². The maximum absolute atomic E-state index is 11.7. The molecule has 0 saturated carbocycles. The Morgan fingerprint density at radius 2 is 2.03 bits per heavy atom. The number of nitrogen functional groups attached to an aromatic ring is 1. The van der Waals surface area contributed by atoms with E-state index in [2.05, 4.69) is 32.1 Å². The summed E-state index contributed by atoms with van der Waals surface area (Å²) in [5, 5.41) is 13.2. The van der Waals surface area contributed by atoms with E-state index >= 15 is 0 Å². The van der Waals surface area contributed by atoms with Crippen LogP contribution >= 0.6 is 11.3 Å². The molecule has 37 heavy (non-hydrogen) atoms. The topological polar surface area (TPSA) is 128 Å². The number of carbonyl (C=O) groups excluding carboxylic acids is 1. The van der Waals surface area contributed by atoms with Crippen LogP contribution in [0.1, 0.15) is 11.3 Å². The molecule has 0 unspecified atom stereocenters. The van der Waals surface area contributed by atoms with Crippen LogP contribution in [0.3, 0.4) is 0 Å². The number of aromatic amines is 1. The number of aromatic nitrogens is 4. The summed E-state index contributed by atoms with van der Waals surface area (Å²) in [7, 11) is 1.63. The Morgan fingerprint density at radius 3 is 2.76 bits per heavy atom. The number of fused-ring (bicyclic) bond motifs is 1. The van der Waals surface area contributed by atoms with E-state index in [1.165, 1.54) is 17.4 Å². The second kappa shape index (κ2) is 10.2. The first-order chi connectivity index (χ1) is 18.0. The number of pyridine rings is 1. The van der Waals surface area contributed by atoms with Crippen molar-refractivity contribution in [1.82, 2.24) is 20.2 Å². The highest BCUT2D eigenvalue weighted by atomic mass is 32.1. The van der Waals surface area contributed by atoms with Crippen LogP contribution in [-0.4, -0.2) is 33.2 Å². The molecule has 0 radical (unpaired) electrons. The fourth-order valence-corrected chi connectivity index (χ4v) is 4.76. The summed E-state index contributed by atoms with van der Waals surface area (Å²) in [5.74, 6) is 1.20. The number of benzene rings is 2. The largest absolute Gasteiger partial charge is 0.431 e. The Hall–Kier alpha value is -4.54. The predicted octanol–water partition coefficient (Wildman–Crippen LogP) is 5.70. The number of methoxy groups -OCH3 is 1. The highest BCUT2D eigenvalue weighted by molar-refractivity contribution is 7.11. The zero-order chi connectivity index (χ0) is 25.9. The van der Waals surface area contributed by atoms with Gasteiger partial charge in [0.25, 0.3) is 5.19 Å². The maximum atomic E-state index is 11.7. The predicted molar refractivity (Wildman–Crippen MR) is 146 cm³/mol. The minimum absolute atomic E-state index is 0.317. The van der Waals surface area contributed by atoms with Gasteiger partial charge in [0.15, 0.2) is 5.82 Å². The zero-order valence-corrected chi connectivity index (χ0v) is 21.1. The molecule has 3 heterocycles. The van der Waals surface area contributed by atoms with E-state index in [0.717, 1.165) is 44.4 Å². The molecule has 0 aliphatic heterocycles. The van der Waals surface area contributed by atoms with Crippen LogP contribution in [0.4, 0.5) is 11.6 Å². The summed E-state index contributed by atoms with van der Waals surface area (Å²) < 4.78 is 11.1. The van der Waals surface area contributed by atoms with Crippen LogP contribution in [0.15, 0.2) is 66.7 Å². The molecule has 0 spiro atoms. The fourth-order valence-electron chi connectivity index (χ4n) is 4.09. The van der Waals surface area contributed by atoms with Crippen LogP contribution in [0.5, 0.6) is 10.9 Å². The zero-order valence-electron chi connectivity index (χ0n) is 20.2. The Morgan fingerprint density at radius 1 is 1.22 bits per heavy atom. The van der Waals surface area contributed by atoms with Gasteiger partial charge < -0.3 is 20.5 Å². The molecule has 4 N–H and O–H groups in total. The summed E-state index contributed by atoms with van der Waals surface area (Å²) in [6, 6.07) is 13.5. The number of hydrogen-bond donors (Lipinski definition) is 3. The molecule has 186 valence electrons. The highest BCUT2D eigenvalue weighted by Crippen LogP contribution is 2.41. The van der Waals surface area contributed by atoms with Gasteiger partial charge >= 0.3 is 0 Å². The minimum atomic E-state index is -0.317. The quantitative estimate of drug-likeness (QED) is 0.227. The number of carbonyl (C=O) groups is 1. The summed E-state index contributed by atoms with van der Waals surface area (Å²) >= 11 is 1.42. The number of hydrogen-bond acceptors (Lipinski definition) is 8. The van der Waals surface area contributed by atoms with Crippen LogP contribution < -0.4 is 15.8 Å². The molecule has 3 aromatic heterocycles. The number of nitrogens with zero attached hydrogens (tertiary/aromatic N) is 3. The van der Waals surface area contributed by atoms with Crippen molar-refractivity contribution in [2.24, 2.45) is 0 Å². The summed E-state index contributed by atoms with van der Waals surface area (Å²) in [4.78, 5) is 20.6. The van der Waals surface area contributed by atoms with Crippen LogP contribution in [0.25, 0.3) is 33.2 Å². The summed E-state index contributed by atoms with van der Waals surface area (Å²) in [6.45, 7) is 5.89. The number of H-pyrrole nitrogens is 1. The Kier molecular flexibility index (Phi) is 6.67. The van der Waals surface area contributed by atoms with Crippen molar-refractivity contribution in [2.45, 2.75) is 13.5 Å². The molecule has 1 amide bonds. The SMILES string of the molecule is C=CC(=O)Nc1cc(C)c(-c2ccc3[nH]nc(N)c3c2-c2ccc(Oc3nc(COC)cs3)cc2)cn1. The van der Waals surface area contributed by atoms with Crippen molar-refractivity contribution < 1.29 is 14.3 Å². The third-order valence-electron chi connectivity index (χ3n) is 5.77. The Labute approximate surface area is 217 Å². The average molecular weight is 513 g/mol. The Bertz CT molecular complexity index is 1610. The van der Waals surface area contributed by atoms with E-state index in [0.29, 0.717) is 29.2 Å². The first-order valence-corrected chi connectivity index (χ1v) is 12.2. The first kappa shape index (κ1) is 24.2. The van der Waals surface area contributed by atoms with Gasteiger partial charge in [-0.05, 0) is 54.0 Å². The van der Waals surface area contributed by atoms with Gasteiger partial charge in [-0.2, -0.15) is 5.10 Å². The lowest BCUT2D eigenvalue weighted by molar-refractivity contribution is -0.111. The van der Waals surface area contributed by atoms with Gasteiger partial charge in [0.1, 0.15) is 11.6 Å². The van der Waals surface area contributed by atoms with Crippen LogP contribution in [0, 0.1) is 6.92 Å². The second-order valence-corrected chi connectivity index (χ2v) is 9.08. The van der Waals surface area contributed by atoms with Crippen molar-refractivity contribution in [3.05, 3.63) is 78.0 Å². The third-order valence-corrected chi connectivity index (χ3v) is 6.53. The number of nitrogens with one attached hydrogen (secondary N) is 2. The second-order valence-electron chi connectivity index (χ2n) is 8.26. The smallest absolute Gasteiger partial charge is 0.278 e. The van der Waals surface area contributed by atoms with Gasteiger partial charge in [-0.15, -0.1) is 0 Å². The molecule has 0 aliphatic rings. The Balaban J connectivity index is 1.54. The molecule has 5 aromatic rings. The molecule has 2 aromatic carbocycles. The van der Waals surface area contributed by atoms with E-state index in [1.807, 2.05) is 54.8 Å². The highest BCUT2D eigenvalue weighted by Gasteiger charge is 2.18. The summed E-state index contributed by atoms with van der Waals surface area (Å²) in [5.41, 5.74) is 12.6. The molecule has 0 atom stereocenters. The normalized spacial score (nSPS) is 11.0. The first-order valence-electron chi connectivity index (χ1n) is 11.4. The number of anilines is 2. The monoisotopic (exact) mass is 512 g/mol. The number of aryl methyl sites for hydroxylation is 1. The molecule has 5 rings (SSSR count). The van der Waals surface area contributed by atoms with Gasteiger partial charge in [0, 0.05) is 29.8 Å². The lowest BCUT2D eigenvalue weighted by Gasteiger charge is -2.15. The van der Waals surface area contributed by atoms with Crippen molar-refractivity contribution in [1.29, 1.82) is 0 Å². The average Bonchev–Trinajstić information content (AvgIpc) is 3.50. The van der Waals surface area contributed by atoms with Gasteiger partial charge in [-0.25, -0.2) is 9.97 Å².